The molecule has 4 aliphatic rings. The van der Waals surface area contributed by atoms with Crippen LogP contribution in [0.15, 0.2) is 72.4 Å². The average Bonchev–Trinajstić information content (AvgIpc) is 1.98. The van der Waals surface area contributed by atoms with E-state index in [1.807, 2.05) is 13.8 Å². The van der Waals surface area contributed by atoms with E-state index in [-0.39, 0.29) is 101 Å². The zero-order chi connectivity index (χ0) is 64.3. The van der Waals surface area contributed by atoms with Crippen molar-refractivity contribution in [3.63, 3.8) is 0 Å². The van der Waals surface area contributed by atoms with Gasteiger partial charge in [0.1, 0.15) is 36.4 Å². The number of aliphatic hydroxyl groups is 4. The number of nitrogens with two attached hydrogens (primary N) is 1. The van der Waals surface area contributed by atoms with Crippen LogP contribution >= 0.6 is 0 Å². The molecule has 1 aromatic carbocycles. The van der Waals surface area contributed by atoms with Crippen LogP contribution in [0.3, 0.4) is 0 Å². The molecule has 9 amide bonds. The summed E-state index contributed by atoms with van der Waals surface area (Å²) in [6.07, 6.45) is 6.59. The van der Waals surface area contributed by atoms with Gasteiger partial charge in [-0.1, -0.05) is 63.6 Å². The number of rotatable bonds is 26. The van der Waals surface area contributed by atoms with Crippen LogP contribution in [0.1, 0.15) is 125 Å². The van der Waals surface area contributed by atoms with Gasteiger partial charge in [-0.25, -0.2) is 9.59 Å². The monoisotopic (exact) mass is 1220 g/mol. The smallest absolute Gasteiger partial charge is 0.410 e. The van der Waals surface area contributed by atoms with Crippen molar-refractivity contribution in [2.45, 2.75) is 192 Å². The van der Waals surface area contributed by atoms with Gasteiger partial charge in [-0.2, -0.15) is 0 Å². The molecule has 2 saturated heterocycles. The van der Waals surface area contributed by atoms with Gasteiger partial charge < -0.3 is 76.2 Å². The molecule has 1 unspecified atom stereocenters. The summed E-state index contributed by atoms with van der Waals surface area (Å²) >= 11 is 0. The number of nitrogens with one attached hydrogen (secondary N) is 4. The molecule has 4 heterocycles. The summed E-state index contributed by atoms with van der Waals surface area (Å²) < 4.78 is 23.1. The van der Waals surface area contributed by atoms with Gasteiger partial charge in [0.25, 0.3) is 11.8 Å². The van der Waals surface area contributed by atoms with Crippen molar-refractivity contribution in [1.82, 2.24) is 30.7 Å². The standard InChI is InChI=1S/C61H88N8O18/c1-9-45(71)38(4)54-46(85-54)34-60(7,82)25-13-14-36(2)53-37(3)16-21-47(61(8,83)26-24-43(70)32-52(76)87-53)86-59(81)68-30-28-67(29-31-68)58(80)84-35-41-17-19-42(20-18-41)65-57(79)44(33-48(62)72)66-56(78)40(6)64-55(77)39(5)63-49(73)15-11-10-12-27-69-50(74)22-23-51(69)75/h13-14,16-23,25,37-40,43-47,53-54,70-71,82-83H,9-12,15,24,26-35H2,1-8H3,(H2,62,72)(H,63,73)(H,64,77)(H,65,79)(H,66,78)/b21-16+,25-13+,36-14+/t37-,38+,39-,40-,43+,44-,45-,46+,47-,53+,54+,60?,61+/m0/s1. The number of aliphatic hydroxyl groups excluding tert-OH is 2. The fraction of sp³-hybridized carbons (Fsp3) is 0.607. The van der Waals surface area contributed by atoms with Crippen LogP contribution in [0, 0.1) is 11.8 Å². The van der Waals surface area contributed by atoms with Crippen molar-refractivity contribution in [2.75, 3.05) is 38.0 Å². The van der Waals surface area contributed by atoms with Gasteiger partial charge in [0, 0.05) is 75.2 Å². The van der Waals surface area contributed by atoms with Gasteiger partial charge in [0.05, 0.1) is 42.9 Å². The number of carbonyl (C=O) groups is 10. The maximum absolute atomic E-state index is 13.7. The van der Waals surface area contributed by atoms with Crippen LogP contribution in [-0.2, 0) is 63.9 Å². The first kappa shape index (κ1) is 70.2. The van der Waals surface area contributed by atoms with Crippen molar-refractivity contribution >= 4 is 65.2 Å². The number of epoxide rings is 1. The molecule has 0 saturated carbocycles. The predicted molar refractivity (Wildman–Crippen MR) is 315 cm³/mol. The molecule has 1 aromatic rings. The normalized spacial score (nSPS) is 25.5. The highest BCUT2D eigenvalue weighted by Crippen LogP contribution is 2.38. The topological polar surface area (TPSA) is 376 Å². The number of nitrogens with zero attached hydrogens (tertiary/aromatic N) is 3. The Morgan fingerprint density at radius 1 is 0.885 bits per heavy atom. The van der Waals surface area contributed by atoms with Crippen molar-refractivity contribution in [3.05, 3.63) is 77.9 Å². The summed E-state index contributed by atoms with van der Waals surface area (Å²) in [5.41, 5.74) is 3.87. The third kappa shape index (κ3) is 22.3. The quantitative estimate of drug-likeness (QED) is 0.0122. The van der Waals surface area contributed by atoms with Crippen LogP contribution < -0.4 is 27.0 Å². The molecule has 87 heavy (non-hydrogen) atoms. The number of primary amides is 1. The fourth-order valence-corrected chi connectivity index (χ4v) is 10.1. The number of ether oxygens (including phenoxy) is 4. The summed E-state index contributed by atoms with van der Waals surface area (Å²) in [5.74, 6) is -5.65. The lowest BCUT2D eigenvalue weighted by atomic mass is 9.88. The third-order valence-corrected chi connectivity index (χ3v) is 15.7. The van der Waals surface area contributed by atoms with Gasteiger partial charge in [-0.05, 0) is 96.1 Å². The molecule has 2 fully saturated rings. The average molecular weight is 1220 g/mol. The summed E-state index contributed by atoms with van der Waals surface area (Å²) in [6.45, 7) is 13.6. The lowest BCUT2D eigenvalue weighted by Crippen LogP contribution is -2.55. The predicted octanol–water partition coefficient (Wildman–Crippen LogP) is 2.46. The molecule has 0 aromatic heterocycles. The van der Waals surface area contributed by atoms with Crippen LogP contribution in [0.25, 0.3) is 0 Å². The molecule has 4 aliphatic heterocycles. The molecule has 0 aliphatic carbocycles. The molecule has 26 heteroatoms. The minimum Gasteiger partial charge on any atom is -0.457 e. The van der Waals surface area contributed by atoms with Crippen molar-refractivity contribution in [3.8, 4) is 0 Å². The number of imide groups is 1. The molecule has 13 atom stereocenters. The van der Waals surface area contributed by atoms with Gasteiger partial charge in [0.15, 0.2) is 6.10 Å². The van der Waals surface area contributed by atoms with Gasteiger partial charge in [-0.15, -0.1) is 0 Å². The largest absolute Gasteiger partial charge is 0.457 e. The number of amides is 9. The first-order valence-electron chi connectivity index (χ1n) is 29.7. The molecule has 0 bridgehead atoms. The zero-order valence-electron chi connectivity index (χ0n) is 50.9. The lowest BCUT2D eigenvalue weighted by Gasteiger charge is -2.37. The van der Waals surface area contributed by atoms with Crippen LogP contribution in [0.5, 0.6) is 0 Å². The number of carbonyl (C=O) groups excluding carboxylic acids is 10. The molecule has 0 spiro atoms. The van der Waals surface area contributed by atoms with Crippen molar-refractivity contribution in [1.29, 1.82) is 0 Å². The first-order valence-corrected chi connectivity index (χ1v) is 29.7. The van der Waals surface area contributed by atoms with Crippen molar-refractivity contribution in [2.24, 2.45) is 17.6 Å². The molecular formula is C61H88N8O18. The van der Waals surface area contributed by atoms with E-state index in [1.54, 1.807) is 57.2 Å². The zero-order valence-corrected chi connectivity index (χ0v) is 50.9. The Hall–Kier alpha value is -7.52. The Morgan fingerprint density at radius 2 is 1.51 bits per heavy atom. The number of piperazine rings is 1. The number of hydrogen-bond donors (Lipinski definition) is 9. The van der Waals surface area contributed by atoms with Gasteiger partial charge in [-0.3, -0.25) is 43.3 Å². The first-order chi connectivity index (χ1) is 41.0. The fourth-order valence-electron chi connectivity index (χ4n) is 10.1. The lowest BCUT2D eigenvalue weighted by molar-refractivity contribution is -0.151. The Morgan fingerprint density at radius 3 is 2.14 bits per heavy atom. The second kappa shape index (κ2) is 32.5. The third-order valence-electron chi connectivity index (χ3n) is 15.7. The van der Waals surface area contributed by atoms with E-state index in [1.165, 1.54) is 60.9 Å². The van der Waals surface area contributed by atoms with E-state index >= 15 is 0 Å². The minimum atomic E-state index is -1.68. The van der Waals surface area contributed by atoms with Crippen LogP contribution in [0.2, 0.25) is 0 Å². The molecule has 0 radical (unpaired) electrons. The van der Waals surface area contributed by atoms with E-state index in [4.69, 9.17) is 24.7 Å². The number of benzene rings is 1. The van der Waals surface area contributed by atoms with E-state index in [9.17, 15) is 68.4 Å². The SMILES string of the molecule is CC[C@H](O)[C@@H](C)[C@H]1O[C@@H]1CC(C)(O)/C=C/C=C(\C)[C@H]1OC(=O)C[C@H](O)CC[C@@](C)(O)[C@@H](OC(=O)N2CCN(C(=O)OCc3ccc(NC(=O)[C@H](CC(N)=O)NC(=O)[C@H](C)NC(=O)[C@H](C)NC(=O)CCCCCN4C(=O)C=CC4=O)cc3)CC2)/C=C/[C@@H]1C. The number of hydrogen-bond acceptors (Lipinski definition) is 18. The maximum atomic E-state index is 13.7. The second-order valence-electron chi connectivity index (χ2n) is 23.5. The molecule has 480 valence electrons. The Bertz CT molecular complexity index is 2720. The molecule has 26 nitrogen and oxygen atoms in total. The summed E-state index contributed by atoms with van der Waals surface area (Å²) in [6, 6.07) is 2.46. The number of esters is 1. The van der Waals surface area contributed by atoms with Gasteiger partial charge in [0.2, 0.25) is 29.5 Å². The van der Waals surface area contributed by atoms with E-state index < -0.39 is 114 Å². The molecule has 10 N–H and O–H groups in total. The minimum absolute atomic E-state index is 0.0155. The Labute approximate surface area is 507 Å². The highest BCUT2D eigenvalue weighted by atomic mass is 16.6. The number of cyclic esters (lactones) is 1. The van der Waals surface area contributed by atoms with Crippen LogP contribution in [-0.4, -0.2) is 193 Å². The highest BCUT2D eigenvalue weighted by molar-refractivity contribution is 6.12. The summed E-state index contributed by atoms with van der Waals surface area (Å²) in [4.78, 5) is 131. The maximum Gasteiger partial charge on any atom is 0.410 e. The molecule has 5 rings (SSSR count). The van der Waals surface area contributed by atoms with E-state index in [0.29, 0.717) is 43.2 Å². The number of anilines is 1. The summed E-state index contributed by atoms with van der Waals surface area (Å²) in [7, 11) is 0. The van der Waals surface area contributed by atoms with Gasteiger partial charge >= 0.3 is 18.2 Å². The van der Waals surface area contributed by atoms with Crippen LogP contribution in [0.4, 0.5) is 15.3 Å². The molecular weight excluding hydrogens is 1130 g/mol. The number of unbranched alkanes of at least 4 members (excludes halogenated alkanes) is 2. The van der Waals surface area contributed by atoms with Crippen molar-refractivity contribution < 1.29 is 87.3 Å². The number of allylic oxidation sites excluding steroid dienone is 2. The van der Waals surface area contributed by atoms with E-state index in [2.05, 4.69) is 21.3 Å². The van der Waals surface area contributed by atoms with E-state index in [0.717, 1.165) is 4.90 Å². The highest BCUT2D eigenvalue weighted by Gasteiger charge is 2.47. The Kier molecular flexibility index (Phi) is 26.2. The Balaban J connectivity index is 1.06. The second-order valence-corrected chi connectivity index (χ2v) is 23.5. The summed E-state index contributed by atoms with van der Waals surface area (Å²) in [5, 5.41) is 53.9.